The first-order chi connectivity index (χ1) is 7.90. The summed E-state index contributed by atoms with van der Waals surface area (Å²) in [5.74, 6) is 0.281. The number of nitrogens with one attached hydrogen (secondary N) is 1. The molecule has 0 atom stereocenters. The lowest BCUT2D eigenvalue weighted by Gasteiger charge is -2.19. The third kappa shape index (κ3) is 3.31. The molecule has 1 aromatic rings. The van der Waals surface area contributed by atoms with Crippen LogP contribution in [0, 0.1) is 6.92 Å². The van der Waals surface area contributed by atoms with Crippen LogP contribution in [0.15, 0.2) is 12.3 Å². The van der Waals surface area contributed by atoms with Gasteiger partial charge in [-0.2, -0.15) is 12.7 Å². The highest BCUT2D eigenvalue weighted by atomic mass is 32.2. The van der Waals surface area contributed by atoms with Crippen molar-refractivity contribution >= 4 is 21.7 Å². The molecule has 0 bridgehead atoms. The van der Waals surface area contributed by atoms with Crippen LogP contribution in [0.3, 0.4) is 0 Å². The van der Waals surface area contributed by atoms with Crippen molar-refractivity contribution in [3.8, 4) is 0 Å². The maximum atomic E-state index is 11.9. The zero-order valence-electron chi connectivity index (χ0n) is 10.3. The van der Waals surface area contributed by atoms with Gasteiger partial charge in [0.15, 0.2) is 0 Å². The molecule has 0 amide bonds. The van der Waals surface area contributed by atoms with Crippen LogP contribution in [0.5, 0.6) is 0 Å². The highest BCUT2D eigenvalue weighted by Crippen LogP contribution is 2.15. The van der Waals surface area contributed by atoms with E-state index in [2.05, 4.69) is 9.71 Å². The van der Waals surface area contributed by atoms with Gasteiger partial charge >= 0.3 is 10.2 Å². The van der Waals surface area contributed by atoms with Crippen molar-refractivity contribution < 1.29 is 8.42 Å². The second-order valence-corrected chi connectivity index (χ2v) is 5.29. The first kappa shape index (κ1) is 13.7. The average Bonchev–Trinajstić information content (AvgIpc) is 2.24. The molecule has 0 unspecified atom stereocenters. The van der Waals surface area contributed by atoms with Crippen molar-refractivity contribution in [1.82, 2.24) is 9.29 Å². The van der Waals surface area contributed by atoms with Gasteiger partial charge in [0.1, 0.15) is 5.82 Å². The molecule has 96 valence electrons. The van der Waals surface area contributed by atoms with E-state index in [1.165, 1.54) is 10.5 Å². The van der Waals surface area contributed by atoms with Crippen LogP contribution in [-0.2, 0) is 10.2 Å². The van der Waals surface area contributed by atoms with E-state index in [0.29, 0.717) is 18.8 Å². The summed E-state index contributed by atoms with van der Waals surface area (Å²) < 4.78 is 27.5. The predicted molar refractivity (Wildman–Crippen MR) is 68.8 cm³/mol. The zero-order valence-corrected chi connectivity index (χ0v) is 11.1. The van der Waals surface area contributed by atoms with E-state index in [-0.39, 0.29) is 5.82 Å². The van der Waals surface area contributed by atoms with E-state index in [1.807, 2.05) is 0 Å². The first-order valence-electron chi connectivity index (χ1n) is 5.40. The minimum absolute atomic E-state index is 0.281. The lowest BCUT2D eigenvalue weighted by atomic mass is 10.2. The van der Waals surface area contributed by atoms with Gasteiger partial charge < -0.3 is 5.73 Å². The summed E-state index contributed by atoms with van der Waals surface area (Å²) in [4.78, 5) is 3.93. The summed E-state index contributed by atoms with van der Waals surface area (Å²) in [6.45, 7) is 6.20. The number of aromatic nitrogens is 1. The normalized spacial score (nSPS) is 11.8. The van der Waals surface area contributed by atoms with Gasteiger partial charge in [-0.1, -0.05) is 13.8 Å². The van der Waals surface area contributed by atoms with E-state index in [0.717, 1.165) is 5.56 Å². The molecule has 0 aliphatic heterocycles. The van der Waals surface area contributed by atoms with Gasteiger partial charge in [0, 0.05) is 13.1 Å². The van der Waals surface area contributed by atoms with E-state index in [1.54, 1.807) is 26.8 Å². The molecule has 3 N–H and O–H groups in total. The number of nitrogen functional groups attached to an aromatic ring is 1. The molecule has 0 saturated carbocycles. The van der Waals surface area contributed by atoms with E-state index in [4.69, 9.17) is 5.73 Å². The monoisotopic (exact) mass is 258 g/mol. The molecule has 0 spiro atoms. The van der Waals surface area contributed by atoms with Gasteiger partial charge in [-0.3, -0.25) is 4.72 Å². The number of anilines is 2. The van der Waals surface area contributed by atoms with E-state index < -0.39 is 10.2 Å². The maximum Gasteiger partial charge on any atom is 0.302 e. The molecule has 1 rings (SSSR count). The minimum atomic E-state index is -3.53. The fourth-order valence-electron chi connectivity index (χ4n) is 1.38. The van der Waals surface area contributed by atoms with Crippen molar-refractivity contribution in [3.05, 3.63) is 17.8 Å². The minimum Gasteiger partial charge on any atom is -0.397 e. The number of pyridine rings is 1. The number of nitrogens with zero attached hydrogens (tertiary/aromatic N) is 2. The molecule has 0 aliphatic carbocycles. The number of hydrogen-bond acceptors (Lipinski definition) is 4. The van der Waals surface area contributed by atoms with E-state index in [9.17, 15) is 8.42 Å². The number of aryl methyl sites for hydroxylation is 1. The molecule has 17 heavy (non-hydrogen) atoms. The summed E-state index contributed by atoms with van der Waals surface area (Å²) >= 11 is 0. The Bertz CT molecular complexity index is 483. The van der Waals surface area contributed by atoms with Crippen LogP contribution >= 0.6 is 0 Å². The molecule has 0 aliphatic rings. The van der Waals surface area contributed by atoms with E-state index >= 15 is 0 Å². The number of nitrogens with two attached hydrogens (primary N) is 1. The van der Waals surface area contributed by atoms with Gasteiger partial charge in [0.2, 0.25) is 0 Å². The van der Waals surface area contributed by atoms with Crippen molar-refractivity contribution in [2.75, 3.05) is 23.5 Å². The third-order valence-electron chi connectivity index (χ3n) is 2.43. The van der Waals surface area contributed by atoms with Gasteiger partial charge in [0.25, 0.3) is 0 Å². The van der Waals surface area contributed by atoms with Crippen LogP contribution in [0.4, 0.5) is 11.5 Å². The largest absolute Gasteiger partial charge is 0.397 e. The average molecular weight is 258 g/mol. The lowest BCUT2D eigenvalue weighted by molar-refractivity contribution is 0.449. The Morgan fingerprint density at radius 2 is 2.00 bits per heavy atom. The summed E-state index contributed by atoms with van der Waals surface area (Å²) in [6.07, 6.45) is 1.44. The second kappa shape index (κ2) is 5.33. The van der Waals surface area contributed by atoms with Gasteiger partial charge in [-0.25, -0.2) is 4.98 Å². The van der Waals surface area contributed by atoms with Gasteiger partial charge in [-0.05, 0) is 18.6 Å². The Kier molecular flexibility index (Phi) is 4.30. The third-order valence-corrected chi connectivity index (χ3v) is 4.09. The molecule has 0 fully saturated rings. The van der Waals surface area contributed by atoms with Crippen molar-refractivity contribution in [1.29, 1.82) is 0 Å². The standard InChI is InChI=1S/C10H18N4O2S/c1-4-14(5-2)17(15,16)13-10-6-8(3)9(11)7-12-10/h6-7H,4-5,11H2,1-3H3,(H,12,13). The fraction of sp³-hybridized carbons (Fsp3) is 0.500. The fourth-order valence-corrected chi connectivity index (χ4v) is 2.57. The zero-order chi connectivity index (χ0) is 13.1. The molecule has 0 radical (unpaired) electrons. The molecule has 0 saturated heterocycles. The molecule has 0 aromatic carbocycles. The van der Waals surface area contributed by atoms with Crippen LogP contribution in [0.25, 0.3) is 0 Å². The predicted octanol–water partition coefficient (Wildman–Crippen LogP) is 0.971. The second-order valence-electron chi connectivity index (χ2n) is 3.62. The topological polar surface area (TPSA) is 88.3 Å². The van der Waals surface area contributed by atoms with Gasteiger partial charge in [0.05, 0.1) is 11.9 Å². The van der Waals surface area contributed by atoms with Crippen LogP contribution < -0.4 is 10.5 Å². The van der Waals surface area contributed by atoms with Crippen LogP contribution in [0.1, 0.15) is 19.4 Å². The number of rotatable bonds is 5. The molecule has 1 heterocycles. The Morgan fingerprint density at radius 3 is 2.47 bits per heavy atom. The summed E-state index contributed by atoms with van der Waals surface area (Å²) in [5, 5.41) is 0. The molecule has 6 nitrogen and oxygen atoms in total. The quantitative estimate of drug-likeness (QED) is 0.823. The molecule has 1 aromatic heterocycles. The smallest absolute Gasteiger partial charge is 0.302 e. The highest BCUT2D eigenvalue weighted by Gasteiger charge is 2.18. The van der Waals surface area contributed by atoms with Crippen LogP contribution in [-0.4, -0.2) is 30.8 Å². The van der Waals surface area contributed by atoms with Crippen molar-refractivity contribution in [3.63, 3.8) is 0 Å². The van der Waals surface area contributed by atoms with Crippen LogP contribution in [0.2, 0.25) is 0 Å². The van der Waals surface area contributed by atoms with Crippen molar-refractivity contribution in [2.45, 2.75) is 20.8 Å². The Balaban J connectivity index is 2.94. The lowest BCUT2D eigenvalue weighted by Crippen LogP contribution is -2.35. The molecular formula is C10H18N4O2S. The molecule has 7 heteroatoms. The Labute approximate surface area is 102 Å². The highest BCUT2D eigenvalue weighted by molar-refractivity contribution is 7.90. The molecular weight excluding hydrogens is 240 g/mol. The summed E-state index contributed by atoms with van der Waals surface area (Å²) in [7, 11) is -3.53. The van der Waals surface area contributed by atoms with Gasteiger partial charge in [-0.15, -0.1) is 0 Å². The SMILES string of the molecule is CCN(CC)S(=O)(=O)Nc1cc(C)c(N)cn1. The maximum absolute atomic E-state index is 11.9. The Hall–Kier alpha value is -1.34. The summed E-state index contributed by atoms with van der Waals surface area (Å²) in [6, 6.07) is 1.61. The number of hydrogen-bond donors (Lipinski definition) is 2. The first-order valence-corrected chi connectivity index (χ1v) is 6.84. The van der Waals surface area contributed by atoms with Crippen molar-refractivity contribution in [2.24, 2.45) is 0 Å². The summed E-state index contributed by atoms with van der Waals surface area (Å²) in [5.41, 5.74) is 6.94. The Morgan fingerprint density at radius 1 is 1.41 bits per heavy atom.